The van der Waals surface area contributed by atoms with Crippen LogP contribution in [0.3, 0.4) is 0 Å². The number of phenols is 1. The van der Waals surface area contributed by atoms with Crippen molar-refractivity contribution >= 4 is 40.2 Å². The Kier molecular flexibility index (Phi) is 4.72. The fourth-order valence-corrected chi connectivity index (χ4v) is 7.41. The van der Waals surface area contributed by atoms with Crippen LogP contribution in [0.5, 0.6) is 5.75 Å². The number of rotatable bonds is 3. The van der Waals surface area contributed by atoms with Gasteiger partial charge in [0.05, 0.1) is 28.6 Å². The van der Waals surface area contributed by atoms with Gasteiger partial charge in [-0.2, -0.15) is 0 Å². The molecule has 1 heterocycles. The van der Waals surface area contributed by atoms with E-state index in [0.29, 0.717) is 11.4 Å². The second-order valence-electron chi connectivity index (χ2n) is 10.8. The number of aromatic hydroxyl groups is 1. The van der Waals surface area contributed by atoms with Gasteiger partial charge < -0.3 is 5.11 Å². The smallest absolute Gasteiger partial charge is 0.239 e. The van der Waals surface area contributed by atoms with E-state index in [4.69, 9.17) is 4.99 Å². The minimum absolute atomic E-state index is 0.160. The van der Waals surface area contributed by atoms with E-state index in [-0.39, 0.29) is 23.5 Å². The van der Waals surface area contributed by atoms with E-state index < -0.39 is 17.3 Å². The minimum atomic E-state index is -0.934. The van der Waals surface area contributed by atoms with Gasteiger partial charge in [0.25, 0.3) is 0 Å². The van der Waals surface area contributed by atoms with E-state index in [0.717, 1.165) is 33.0 Å². The summed E-state index contributed by atoms with van der Waals surface area (Å²) >= 11 is 0. The van der Waals surface area contributed by atoms with Crippen LogP contribution < -0.4 is 4.90 Å². The number of anilines is 1. The normalized spacial score (nSPS) is 24.4. The number of phenolic OH excluding ortho intramolecular Hbond substituents is 1. The molecule has 1 aliphatic heterocycles. The zero-order valence-corrected chi connectivity index (χ0v) is 21.4. The Morgan fingerprint density at radius 3 is 2.05 bits per heavy atom. The SMILES string of the molecule is O=C1[C@@H]2C3c4ccccc4C(C=Nc4ccc(O)cc4)(c4ccccc43)[C@H]2C(=O)N1c1cccc2ccccc12. The van der Waals surface area contributed by atoms with Gasteiger partial charge in [-0.1, -0.05) is 84.9 Å². The molecule has 0 aromatic heterocycles. The number of imide groups is 1. The highest BCUT2D eigenvalue weighted by atomic mass is 16.3. The molecule has 5 heteroatoms. The van der Waals surface area contributed by atoms with Gasteiger partial charge in [-0.25, -0.2) is 4.90 Å². The standard InChI is InChI=1S/C35H24N2O3/c38-23-18-16-22(17-19-23)36-20-35-27-13-5-3-11-25(27)30(26-12-4-6-14-28(26)35)31-32(35)34(40)37(33(31)39)29-15-7-9-21-8-1-2-10-24(21)29/h1-20,30-32,38H/t30?,31-,32-,35?/m1/s1. The summed E-state index contributed by atoms with van der Waals surface area (Å²) in [5.74, 6) is -1.62. The molecule has 9 rings (SSSR count). The highest BCUT2D eigenvalue weighted by Gasteiger charge is 2.68. The van der Waals surface area contributed by atoms with Crippen molar-refractivity contribution in [3.63, 3.8) is 0 Å². The minimum Gasteiger partial charge on any atom is -0.508 e. The van der Waals surface area contributed by atoms with Crippen LogP contribution in [0.15, 0.2) is 120 Å². The molecule has 5 aromatic rings. The second kappa shape index (κ2) is 8.23. The molecule has 0 saturated carbocycles. The molecule has 5 nitrogen and oxygen atoms in total. The van der Waals surface area contributed by atoms with Crippen LogP contribution in [0.4, 0.5) is 11.4 Å². The lowest BCUT2D eigenvalue weighted by Gasteiger charge is -2.52. The maximum absolute atomic E-state index is 14.7. The molecule has 1 N–H and O–H groups in total. The predicted octanol–water partition coefficient (Wildman–Crippen LogP) is 6.50. The number of aliphatic imine (C=N–C) groups is 1. The Hall–Kier alpha value is -5.03. The maximum Gasteiger partial charge on any atom is 0.239 e. The highest BCUT2D eigenvalue weighted by Crippen LogP contribution is 2.64. The molecular formula is C35H24N2O3. The van der Waals surface area contributed by atoms with Gasteiger partial charge in [-0.05, 0) is 58.0 Å². The molecule has 40 heavy (non-hydrogen) atoms. The van der Waals surface area contributed by atoms with Crippen molar-refractivity contribution in [1.82, 2.24) is 0 Å². The number of nitrogens with zero attached hydrogens (tertiary/aromatic N) is 2. The first-order chi connectivity index (χ1) is 19.6. The Labute approximate surface area is 231 Å². The molecule has 3 aliphatic carbocycles. The summed E-state index contributed by atoms with van der Waals surface area (Å²) in [6.07, 6.45) is 1.88. The number of benzene rings is 5. The monoisotopic (exact) mass is 520 g/mol. The van der Waals surface area contributed by atoms with Gasteiger partial charge in [-0.3, -0.25) is 14.6 Å². The lowest BCUT2D eigenvalue weighted by Crippen LogP contribution is -2.54. The van der Waals surface area contributed by atoms with Crippen LogP contribution >= 0.6 is 0 Å². The summed E-state index contributed by atoms with van der Waals surface area (Å²) < 4.78 is 0. The van der Waals surface area contributed by atoms with Crippen molar-refractivity contribution < 1.29 is 14.7 Å². The van der Waals surface area contributed by atoms with E-state index in [1.54, 1.807) is 24.3 Å². The van der Waals surface area contributed by atoms with E-state index in [2.05, 4.69) is 24.3 Å². The average Bonchev–Trinajstić information content (AvgIpc) is 3.27. The predicted molar refractivity (Wildman–Crippen MR) is 155 cm³/mol. The lowest BCUT2D eigenvalue weighted by molar-refractivity contribution is -0.122. The highest BCUT2D eigenvalue weighted by molar-refractivity contribution is 6.27. The van der Waals surface area contributed by atoms with E-state index >= 15 is 0 Å². The summed E-state index contributed by atoms with van der Waals surface area (Å²) in [7, 11) is 0. The zero-order valence-electron chi connectivity index (χ0n) is 21.4. The third-order valence-electron chi connectivity index (χ3n) is 8.96. The molecular weight excluding hydrogens is 496 g/mol. The molecule has 2 bridgehead atoms. The molecule has 4 aliphatic rings. The molecule has 0 radical (unpaired) electrons. The third kappa shape index (κ3) is 2.89. The average molecular weight is 521 g/mol. The topological polar surface area (TPSA) is 70.0 Å². The zero-order chi connectivity index (χ0) is 27.0. The number of fused-ring (bicyclic) bond motifs is 1. The van der Waals surface area contributed by atoms with Crippen molar-refractivity contribution in [3.8, 4) is 5.75 Å². The van der Waals surface area contributed by atoms with Crippen LogP contribution in [0, 0.1) is 11.8 Å². The van der Waals surface area contributed by atoms with E-state index in [1.807, 2.05) is 72.9 Å². The summed E-state index contributed by atoms with van der Waals surface area (Å²) in [6, 6.07) is 36.7. The lowest BCUT2D eigenvalue weighted by atomic mass is 9.47. The molecule has 0 spiro atoms. The Bertz CT molecular complexity index is 1840. The molecule has 2 amide bonds. The van der Waals surface area contributed by atoms with Crippen molar-refractivity contribution in [2.75, 3.05) is 4.90 Å². The number of hydrogen-bond donors (Lipinski definition) is 1. The van der Waals surface area contributed by atoms with E-state index in [1.165, 1.54) is 4.90 Å². The van der Waals surface area contributed by atoms with Gasteiger partial charge in [0.15, 0.2) is 0 Å². The number of hydrogen-bond acceptors (Lipinski definition) is 4. The fourth-order valence-electron chi connectivity index (χ4n) is 7.41. The third-order valence-corrected chi connectivity index (χ3v) is 8.96. The van der Waals surface area contributed by atoms with Crippen LogP contribution in [0.2, 0.25) is 0 Å². The summed E-state index contributed by atoms with van der Waals surface area (Å²) in [4.78, 5) is 35.5. The van der Waals surface area contributed by atoms with Crippen molar-refractivity contribution in [2.24, 2.45) is 16.8 Å². The Morgan fingerprint density at radius 1 is 0.700 bits per heavy atom. The van der Waals surface area contributed by atoms with Gasteiger partial charge >= 0.3 is 0 Å². The van der Waals surface area contributed by atoms with Crippen LogP contribution in [-0.2, 0) is 15.0 Å². The van der Waals surface area contributed by atoms with Gasteiger partial charge in [0.2, 0.25) is 11.8 Å². The van der Waals surface area contributed by atoms with Crippen LogP contribution in [-0.4, -0.2) is 23.1 Å². The first-order valence-electron chi connectivity index (χ1n) is 13.5. The Morgan fingerprint density at radius 2 is 1.32 bits per heavy atom. The van der Waals surface area contributed by atoms with Gasteiger partial charge in [0, 0.05) is 17.5 Å². The molecule has 0 unspecified atom stereocenters. The molecule has 192 valence electrons. The number of amides is 2. The van der Waals surface area contributed by atoms with Gasteiger partial charge in [0.1, 0.15) is 5.75 Å². The number of carbonyl (C=O) groups excluding carboxylic acids is 2. The Balaban J connectivity index is 1.40. The van der Waals surface area contributed by atoms with Crippen molar-refractivity contribution in [2.45, 2.75) is 11.3 Å². The first kappa shape index (κ1) is 22.9. The largest absolute Gasteiger partial charge is 0.508 e. The molecule has 2 atom stereocenters. The van der Waals surface area contributed by atoms with E-state index in [9.17, 15) is 14.7 Å². The number of carbonyl (C=O) groups is 2. The summed E-state index contributed by atoms with van der Waals surface area (Å²) in [6.45, 7) is 0. The first-order valence-corrected chi connectivity index (χ1v) is 13.5. The van der Waals surface area contributed by atoms with Crippen molar-refractivity contribution in [1.29, 1.82) is 0 Å². The summed E-state index contributed by atoms with van der Waals surface area (Å²) in [5, 5.41) is 11.7. The van der Waals surface area contributed by atoms with Crippen LogP contribution in [0.25, 0.3) is 10.8 Å². The quantitative estimate of drug-likeness (QED) is 0.218. The van der Waals surface area contributed by atoms with Gasteiger partial charge in [-0.15, -0.1) is 0 Å². The molecule has 5 aromatic carbocycles. The fraction of sp³-hybridized carbons (Fsp3) is 0.114. The van der Waals surface area contributed by atoms with Crippen molar-refractivity contribution in [3.05, 3.63) is 138 Å². The maximum atomic E-state index is 14.7. The molecule has 1 fully saturated rings. The summed E-state index contributed by atoms with van der Waals surface area (Å²) in [5.41, 5.74) is 4.53. The van der Waals surface area contributed by atoms with Crippen LogP contribution in [0.1, 0.15) is 28.2 Å². The second-order valence-corrected chi connectivity index (χ2v) is 10.8. The molecule has 1 saturated heterocycles.